The first kappa shape index (κ1) is 12.7. The zero-order chi connectivity index (χ0) is 13.0. The van der Waals surface area contributed by atoms with Gasteiger partial charge < -0.3 is 10.2 Å². The van der Waals surface area contributed by atoms with E-state index in [0.717, 1.165) is 18.7 Å². The summed E-state index contributed by atoms with van der Waals surface area (Å²) in [5.41, 5.74) is 0.877. The number of nitrogens with one attached hydrogen (secondary N) is 1. The van der Waals surface area contributed by atoms with Gasteiger partial charge in [-0.2, -0.15) is 0 Å². The van der Waals surface area contributed by atoms with Crippen LogP contribution in [-0.4, -0.2) is 36.0 Å². The van der Waals surface area contributed by atoms with Gasteiger partial charge >= 0.3 is 0 Å². The van der Waals surface area contributed by atoms with Gasteiger partial charge in [-0.1, -0.05) is 24.1 Å². The molecule has 2 rings (SSSR count). The Morgan fingerprint density at radius 3 is 2.44 bits per heavy atom. The van der Waals surface area contributed by atoms with Crippen LogP contribution in [0.4, 0.5) is 0 Å². The fourth-order valence-corrected chi connectivity index (χ4v) is 2.22. The lowest BCUT2D eigenvalue weighted by Crippen LogP contribution is -2.55. The van der Waals surface area contributed by atoms with Gasteiger partial charge in [-0.05, 0) is 26.0 Å². The quantitative estimate of drug-likeness (QED) is 0.694. The van der Waals surface area contributed by atoms with Gasteiger partial charge in [0.2, 0.25) is 0 Å². The van der Waals surface area contributed by atoms with E-state index < -0.39 is 0 Å². The second kappa shape index (κ2) is 5.70. The number of hydrogen-bond acceptors (Lipinski definition) is 2. The van der Waals surface area contributed by atoms with E-state index in [-0.39, 0.29) is 5.91 Å². The van der Waals surface area contributed by atoms with Crippen LogP contribution in [0.15, 0.2) is 30.3 Å². The first-order valence-electron chi connectivity index (χ1n) is 6.27. The van der Waals surface area contributed by atoms with Crippen molar-refractivity contribution in [2.75, 3.05) is 13.1 Å². The van der Waals surface area contributed by atoms with Crippen molar-refractivity contribution in [3.05, 3.63) is 35.9 Å². The Hall–Kier alpha value is -1.79. The van der Waals surface area contributed by atoms with Crippen LogP contribution in [0.1, 0.15) is 19.4 Å². The van der Waals surface area contributed by atoms with E-state index in [4.69, 9.17) is 0 Å². The molecule has 1 saturated heterocycles. The average molecular weight is 242 g/mol. The van der Waals surface area contributed by atoms with E-state index >= 15 is 0 Å². The van der Waals surface area contributed by atoms with Crippen LogP contribution >= 0.6 is 0 Å². The molecule has 2 atom stereocenters. The topological polar surface area (TPSA) is 32.3 Å². The number of amides is 1. The van der Waals surface area contributed by atoms with Crippen LogP contribution < -0.4 is 5.32 Å². The number of rotatable bonds is 0. The number of benzene rings is 1. The molecular weight excluding hydrogens is 224 g/mol. The summed E-state index contributed by atoms with van der Waals surface area (Å²) in [4.78, 5) is 13.8. The van der Waals surface area contributed by atoms with Crippen molar-refractivity contribution in [3.63, 3.8) is 0 Å². The summed E-state index contributed by atoms with van der Waals surface area (Å²) in [6.45, 7) is 5.63. The summed E-state index contributed by atoms with van der Waals surface area (Å²) >= 11 is 0. The molecule has 0 radical (unpaired) electrons. The van der Waals surface area contributed by atoms with Gasteiger partial charge in [-0.15, -0.1) is 0 Å². The highest BCUT2D eigenvalue weighted by molar-refractivity contribution is 5.94. The summed E-state index contributed by atoms with van der Waals surface area (Å²) in [6, 6.07) is 10.2. The van der Waals surface area contributed by atoms with Crippen molar-refractivity contribution >= 4 is 5.91 Å². The molecule has 0 saturated carbocycles. The Kier molecular flexibility index (Phi) is 4.01. The molecule has 2 unspecified atom stereocenters. The average Bonchev–Trinajstić information content (AvgIpc) is 2.36. The van der Waals surface area contributed by atoms with E-state index in [9.17, 15) is 4.79 Å². The van der Waals surface area contributed by atoms with E-state index in [2.05, 4.69) is 31.0 Å². The van der Waals surface area contributed by atoms with Crippen molar-refractivity contribution in [2.45, 2.75) is 25.9 Å². The third-order valence-corrected chi connectivity index (χ3v) is 2.93. The third kappa shape index (κ3) is 3.35. The maximum Gasteiger partial charge on any atom is 0.298 e. The van der Waals surface area contributed by atoms with Gasteiger partial charge in [0.15, 0.2) is 0 Å². The number of hydrogen-bond donors (Lipinski definition) is 1. The Morgan fingerprint density at radius 2 is 1.83 bits per heavy atom. The van der Waals surface area contributed by atoms with Crippen molar-refractivity contribution in [3.8, 4) is 11.8 Å². The Morgan fingerprint density at radius 1 is 1.22 bits per heavy atom. The standard InChI is InChI=1S/C15H18N2O/c1-12-10-17(11-13(2)16-12)15(18)9-8-14-6-4-3-5-7-14/h3-7,12-13,16H,10-11H2,1-2H3. The molecule has 1 amide bonds. The van der Waals surface area contributed by atoms with E-state index in [0.29, 0.717) is 12.1 Å². The van der Waals surface area contributed by atoms with Gasteiger partial charge in [0, 0.05) is 36.7 Å². The summed E-state index contributed by atoms with van der Waals surface area (Å²) in [5, 5.41) is 3.40. The molecule has 3 nitrogen and oxygen atoms in total. The normalized spacial score (nSPS) is 23.1. The molecule has 0 bridgehead atoms. The van der Waals surface area contributed by atoms with Gasteiger partial charge in [0.05, 0.1) is 0 Å². The molecule has 1 aromatic carbocycles. The van der Waals surface area contributed by atoms with Crippen molar-refractivity contribution in [1.82, 2.24) is 10.2 Å². The molecule has 0 spiro atoms. The molecule has 0 aliphatic carbocycles. The molecule has 1 N–H and O–H groups in total. The summed E-state index contributed by atoms with van der Waals surface area (Å²) in [5.74, 6) is 5.54. The lowest BCUT2D eigenvalue weighted by Gasteiger charge is -2.34. The van der Waals surface area contributed by atoms with Crippen LogP contribution in [-0.2, 0) is 4.79 Å². The van der Waals surface area contributed by atoms with Gasteiger partial charge in [-0.25, -0.2) is 0 Å². The Labute approximate surface area is 108 Å². The number of piperazine rings is 1. The molecule has 1 aromatic rings. The largest absolute Gasteiger partial charge is 0.329 e. The zero-order valence-electron chi connectivity index (χ0n) is 10.8. The highest BCUT2D eigenvalue weighted by Gasteiger charge is 2.23. The summed E-state index contributed by atoms with van der Waals surface area (Å²) in [6.07, 6.45) is 0. The molecule has 18 heavy (non-hydrogen) atoms. The highest BCUT2D eigenvalue weighted by Crippen LogP contribution is 2.04. The second-order valence-electron chi connectivity index (χ2n) is 4.79. The third-order valence-electron chi connectivity index (χ3n) is 2.93. The molecule has 1 aliphatic heterocycles. The summed E-state index contributed by atoms with van der Waals surface area (Å²) < 4.78 is 0. The molecule has 94 valence electrons. The molecular formula is C15H18N2O. The minimum absolute atomic E-state index is 0.0842. The Balaban J connectivity index is 2.02. The van der Waals surface area contributed by atoms with E-state index in [1.807, 2.05) is 35.2 Å². The SMILES string of the molecule is CC1CN(C(=O)C#Cc2ccccc2)CC(C)N1. The predicted octanol–water partition coefficient (Wildman–Crippen LogP) is 1.25. The molecule has 1 fully saturated rings. The van der Waals surface area contributed by atoms with Gasteiger partial charge in [0.25, 0.3) is 5.91 Å². The molecule has 1 heterocycles. The van der Waals surface area contributed by atoms with Crippen LogP contribution in [0.5, 0.6) is 0 Å². The minimum Gasteiger partial charge on any atom is -0.329 e. The molecule has 0 aromatic heterocycles. The predicted molar refractivity (Wildman–Crippen MR) is 72.0 cm³/mol. The number of carbonyl (C=O) groups is 1. The summed E-state index contributed by atoms with van der Waals surface area (Å²) in [7, 11) is 0. The van der Waals surface area contributed by atoms with E-state index in [1.54, 1.807) is 0 Å². The monoisotopic (exact) mass is 242 g/mol. The van der Waals surface area contributed by atoms with Gasteiger partial charge in [-0.3, -0.25) is 4.79 Å². The van der Waals surface area contributed by atoms with E-state index in [1.165, 1.54) is 0 Å². The van der Waals surface area contributed by atoms with Crippen LogP contribution in [0, 0.1) is 11.8 Å². The highest BCUT2D eigenvalue weighted by atomic mass is 16.2. The van der Waals surface area contributed by atoms with Crippen LogP contribution in [0.3, 0.4) is 0 Å². The first-order chi connectivity index (χ1) is 8.65. The number of carbonyl (C=O) groups excluding carboxylic acids is 1. The van der Waals surface area contributed by atoms with Crippen molar-refractivity contribution < 1.29 is 4.79 Å². The maximum absolute atomic E-state index is 12.0. The fraction of sp³-hybridized carbons (Fsp3) is 0.400. The minimum atomic E-state index is -0.0842. The lowest BCUT2D eigenvalue weighted by atomic mass is 10.1. The fourth-order valence-electron chi connectivity index (χ4n) is 2.22. The first-order valence-corrected chi connectivity index (χ1v) is 6.27. The van der Waals surface area contributed by atoms with Crippen LogP contribution in [0.25, 0.3) is 0 Å². The zero-order valence-corrected chi connectivity index (χ0v) is 10.8. The van der Waals surface area contributed by atoms with Crippen molar-refractivity contribution in [1.29, 1.82) is 0 Å². The van der Waals surface area contributed by atoms with Gasteiger partial charge in [0.1, 0.15) is 0 Å². The van der Waals surface area contributed by atoms with Crippen molar-refractivity contribution in [2.24, 2.45) is 0 Å². The molecule has 3 heteroatoms. The number of nitrogens with zero attached hydrogens (tertiary/aromatic N) is 1. The smallest absolute Gasteiger partial charge is 0.298 e. The maximum atomic E-state index is 12.0. The van der Waals surface area contributed by atoms with Crippen LogP contribution in [0.2, 0.25) is 0 Å². The lowest BCUT2D eigenvalue weighted by molar-refractivity contribution is -0.126. The molecule has 1 aliphatic rings. The Bertz CT molecular complexity index is 462. The second-order valence-corrected chi connectivity index (χ2v) is 4.79.